The zero-order chi connectivity index (χ0) is 17.2. The standard InChI is InChI=1S/C20H20FN3O/c21-15-9-11-16(12-10-15)24-20(25)18-8-4-3-7-17(18)19(22-24)23-13-5-1-2-6-14-23/h3-4,7-12H,1-2,5-6,13-14H2. The smallest absolute Gasteiger partial charge is 0.279 e. The van der Waals surface area contributed by atoms with Crippen molar-refractivity contribution in [3.05, 3.63) is 64.7 Å². The highest BCUT2D eigenvalue weighted by Gasteiger charge is 2.18. The molecular formula is C20H20FN3O. The lowest BCUT2D eigenvalue weighted by Crippen LogP contribution is -2.30. The van der Waals surface area contributed by atoms with E-state index < -0.39 is 0 Å². The molecule has 4 rings (SSSR count). The summed E-state index contributed by atoms with van der Waals surface area (Å²) in [5.41, 5.74) is 0.397. The molecule has 2 heterocycles. The third kappa shape index (κ3) is 3.02. The number of fused-ring (bicyclic) bond motifs is 1. The fourth-order valence-corrected chi connectivity index (χ4v) is 3.45. The number of aromatic nitrogens is 2. The summed E-state index contributed by atoms with van der Waals surface area (Å²) in [6, 6.07) is 13.5. The summed E-state index contributed by atoms with van der Waals surface area (Å²) in [4.78, 5) is 15.2. The Hall–Kier alpha value is -2.69. The molecule has 4 nitrogen and oxygen atoms in total. The van der Waals surface area contributed by atoms with Crippen LogP contribution in [0.15, 0.2) is 53.3 Å². The van der Waals surface area contributed by atoms with E-state index in [1.807, 2.05) is 24.3 Å². The van der Waals surface area contributed by atoms with E-state index in [2.05, 4.69) is 10.00 Å². The third-order valence-corrected chi connectivity index (χ3v) is 4.76. The van der Waals surface area contributed by atoms with E-state index >= 15 is 0 Å². The lowest BCUT2D eigenvalue weighted by molar-refractivity contribution is 0.626. The normalized spacial score (nSPS) is 15.3. The van der Waals surface area contributed by atoms with Crippen LogP contribution < -0.4 is 10.5 Å². The first-order valence-electron chi connectivity index (χ1n) is 8.77. The highest BCUT2D eigenvalue weighted by molar-refractivity contribution is 5.91. The van der Waals surface area contributed by atoms with Gasteiger partial charge in [0.25, 0.3) is 5.56 Å². The van der Waals surface area contributed by atoms with Gasteiger partial charge in [-0.15, -0.1) is 5.10 Å². The molecule has 2 aromatic carbocycles. The van der Waals surface area contributed by atoms with Crippen molar-refractivity contribution >= 4 is 16.6 Å². The van der Waals surface area contributed by atoms with E-state index in [9.17, 15) is 9.18 Å². The number of hydrogen-bond acceptors (Lipinski definition) is 3. The maximum atomic E-state index is 13.3. The fourth-order valence-electron chi connectivity index (χ4n) is 3.45. The third-order valence-electron chi connectivity index (χ3n) is 4.76. The Kier molecular flexibility index (Phi) is 4.22. The van der Waals surface area contributed by atoms with Crippen LogP contribution in [0.5, 0.6) is 0 Å². The van der Waals surface area contributed by atoms with Gasteiger partial charge >= 0.3 is 0 Å². The van der Waals surface area contributed by atoms with Crippen LogP contribution >= 0.6 is 0 Å². The van der Waals surface area contributed by atoms with Gasteiger partial charge < -0.3 is 4.90 Å². The largest absolute Gasteiger partial charge is 0.355 e. The van der Waals surface area contributed by atoms with E-state index in [0.29, 0.717) is 11.1 Å². The van der Waals surface area contributed by atoms with Crippen molar-refractivity contribution in [2.24, 2.45) is 0 Å². The Bertz CT molecular complexity index is 941. The molecule has 128 valence electrons. The molecule has 3 aromatic rings. The summed E-state index contributed by atoms with van der Waals surface area (Å²) in [6.45, 7) is 1.89. The summed E-state index contributed by atoms with van der Waals surface area (Å²) in [5.74, 6) is 0.506. The van der Waals surface area contributed by atoms with Crippen LogP contribution in [0, 0.1) is 5.82 Å². The SMILES string of the molecule is O=c1c2ccccc2c(N2CCCCCC2)nn1-c1ccc(F)cc1. The summed E-state index contributed by atoms with van der Waals surface area (Å²) in [6.07, 6.45) is 4.72. The minimum atomic E-state index is -0.328. The first-order valence-corrected chi connectivity index (χ1v) is 8.77. The van der Waals surface area contributed by atoms with Crippen LogP contribution in [0.1, 0.15) is 25.7 Å². The summed E-state index contributed by atoms with van der Waals surface area (Å²) in [7, 11) is 0. The van der Waals surface area contributed by atoms with Crippen molar-refractivity contribution in [3.8, 4) is 5.69 Å². The molecule has 1 aliphatic rings. The molecule has 0 aliphatic carbocycles. The second-order valence-electron chi connectivity index (χ2n) is 6.46. The van der Waals surface area contributed by atoms with Crippen molar-refractivity contribution in [3.63, 3.8) is 0 Å². The number of hydrogen-bond donors (Lipinski definition) is 0. The summed E-state index contributed by atoms with van der Waals surface area (Å²) >= 11 is 0. The molecule has 25 heavy (non-hydrogen) atoms. The predicted molar refractivity (Wildman–Crippen MR) is 98.0 cm³/mol. The average molecular weight is 337 g/mol. The molecule has 0 spiro atoms. The minimum Gasteiger partial charge on any atom is -0.355 e. The van der Waals surface area contributed by atoms with Crippen LogP contribution in [0.4, 0.5) is 10.2 Å². The molecule has 5 heteroatoms. The molecule has 0 amide bonds. The quantitative estimate of drug-likeness (QED) is 0.712. The monoisotopic (exact) mass is 337 g/mol. The van der Waals surface area contributed by atoms with E-state index in [4.69, 9.17) is 0 Å². The maximum Gasteiger partial charge on any atom is 0.279 e. The van der Waals surface area contributed by atoms with Gasteiger partial charge in [0.1, 0.15) is 5.82 Å². The molecule has 0 unspecified atom stereocenters. The molecule has 1 aliphatic heterocycles. The highest BCUT2D eigenvalue weighted by atomic mass is 19.1. The number of benzene rings is 2. The Balaban J connectivity index is 1.93. The van der Waals surface area contributed by atoms with Crippen molar-refractivity contribution in [2.45, 2.75) is 25.7 Å². The molecule has 0 saturated carbocycles. The van der Waals surface area contributed by atoms with E-state index in [1.165, 1.54) is 29.7 Å². The highest BCUT2D eigenvalue weighted by Crippen LogP contribution is 2.25. The van der Waals surface area contributed by atoms with Gasteiger partial charge in [-0.3, -0.25) is 4.79 Å². The zero-order valence-electron chi connectivity index (χ0n) is 14.0. The van der Waals surface area contributed by atoms with E-state index in [0.717, 1.165) is 37.1 Å². The van der Waals surface area contributed by atoms with Crippen molar-refractivity contribution in [2.75, 3.05) is 18.0 Å². The second kappa shape index (κ2) is 6.67. The Morgan fingerprint density at radius 2 is 1.48 bits per heavy atom. The van der Waals surface area contributed by atoms with Gasteiger partial charge in [-0.2, -0.15) is 4.68 Å². The molecule has 0 atom stereocenters. The average Bonchev–Trinajstić information content (AvgIpc) is 2.93. The molecule has 0 bridgehead atoms. The number of rotatable bonds is 2. The lowest BCUT2D eigenvalue weighted by Gasteiger charge is -2.23. The van der Waals surface area contributed by atoms with Gasteiger partial charge in [0.15, 0.2) is 5.82 Å². The fraction of sp³-hybridized carbons (Fsp3) is 0.300. The minimum absolute atomic E-state index is 0.180. The van der Waals surface area contributed by atoms with Crippen molar-refractivity contribution in [1.82, 2.24) is 9.78 Å². The molecule has 1 saturated heterocycles. The van der Waals surface area contributed by atoms with Crippen LogP contribution in [0.2, 0.25) is 0 Å². The maximum absolute atomic E-state index is 13.3. The number of halogens is 1. The van der Waals surface area contributed by atoms with Crippen LogP contribution in [0.3, 0.4) is 0 Å². The van der Waals surface area contributed by atoms with Crippen molar-refractivity contribution < 1.29 is 4.39 Å². The second-order valence-corrected chi connectivity index (χ2v) is 6.46. The molecule has 0 radical (unpaired) electrons. The lowest BCUT2D eigenvalue weighted by atomic mass is 10.1. The van der Waals surface area contributed by atoms with Crippen LogP contribution in [-0.2, 0) is 0 Å². The van der Waals surface area contributed by atoms with Gasteiger partial charge in [0.05, 0.1) is 11.1 Å². The molecule has 1 fully saturated rings. The number of nitrogens with zero attached hydrogens (tertiary/aromatic N) is 3. The van der Waals surface area contributed by atoms with Gasteiger partial charge in [-0.25, -0.2) is 4.39 Å². The first kappa shape index (κ1) is 15.8. The topological polar surface area (TPSA) is 38.1 Å². The summed E-state index contributed by atoms with van der Waals surface area (Å²) < 4.78 is 14.6. The van der Waals surface area contributed by atoms with E-state index in [1.54, 1.807) is 12.1 Å². The van der Waals surface area contributed by atoms with Crippen LogP contribution in [-0.4, -0.2) is 22.9 Å². The number of anilines is 1. The molecule has 1 aromatic heterocycles. The van der Waals surface area contributed by atoms with Gasteiger partial charge in [-0.05, 0) is 43.2 Å². The van der Waals surface area contributed by atoms with Gasteiger partial charge in [0, 0.05) is 18.5 Å². The Labute approximate surface area is 145 Å². The van der Waals surface area contributed by atoms with E-state index in [-0.39, 0.29) is 11.4 Å². The molecular weight excluding hydrogens is 317 g/mol. The summed E-state index contributed by atoms with van der Waals surface area (Å²) in [5, 5.41) is 6.20. The predicted octanol–water partition coefficient (Wildman–Crippen LogP) is 3.91. The zero-order valence-corrected chi connectivity index (χ0v) is 14.0. The Morgan fingerprint density at radius 1 is 0.840 bits per heavy atom. The Morgan fingerprint density at radius 3 is 2.16 bits per heavy atom. The van der Waals surface area contributed by atoms with Gasteiger partial charge in [-0.1, -0.05) is 31.0 Å². The van der Waals surface area contributed by atoms with Gasteiger partial charge in [0.2, 0.25) is 0 Å². The van der Waals surface area contributed by atoms with Crippen molar-refractivity contribution in [1.29, 1.82) is 0 Å². The first-order chi connectivity index (χ1) is 12.2. The molecule has 0 N–H and O–H groups in total. The van der Waals surface area contributed by atoms with Crippen LogP contribution in [0.25, 0.3) is 16.5 Å².